The zero-order valence-electron chi connectivity index (χ0n) is 10.3. The molecule has 6 nitrogen and oxygen atoms in total. The van der Waals surface area contributed by atoms with E-state index in [1.54, 1.807) is 26.0 Å². The Labute approximate surface area is 105 Å². The highest BCUT2D eigenvalue weighted by Gasteiger charge is 2.18. The van der Waals surface area contributed by atoms with Gasteiger partial charge in [0, 0.05) is 12.6 Å². The van der Waals surface area contributed by atoms with Crippen LogP contribution in [0, 0.1) is 21.4 Å². The third-order valence-corrected chi connectivity index (χ3v) is 2.25. The van der Waals surface area contributed by atoms with E-state index in [-0.39, 0.29) is 18.7 Å². The van der Waals surface area contributed by atoms with Crippen LogP contribution in [0.25, 0.3) is 0 Å². The summed E-state index contributed by atoms with van der Waals surface area (Å²) in [4.78, 5) is 10.4. The molecule has 1 aromatic carbocycles. The van der Waals surface area contributed by atoms with Crippen LogP contribution in [0.2, 0.25) is 0 Å². The van der Waals surface area contributed by atoms with E-state index in [4.69, 9.17) is 5.26 Å². The van der Waals surface area contributed by atoms with E-state index < -0.39 is 10.5 Å². The summed E-state index contributed by atoms with van der Waals surface area (Å²) in [6, 6.07) is 6.52. The van der Waals surface area contributed by atoms with Gasteiger partial charge in [0.25, 0.3) is 5.69 Å². The molecule has 0 saturated heterocycles. The predicted octanol–water partition coefficient (Wildman–Crippen LogP) is 1.84. The molecule has 6 heteroatoms. The number of nitro groups is 1. The summed E-state index contributed by atoms with van der Waals surface area (Å²) < 4.78 is 0. The van der Waals surface area contributed by atoms with Crippen molar-refractivity contribution >= 4 is 11.4 Å². The van der Waals surface area contributed by atoms with Crippen LogP contribution in [-0.4, -0.2) is 22.2 Å². The molecule has 2 N–H and O–H groups in total. The maximum absolute atomic E-state index is 10.9. The van der Waals surface area contributed by atoms with Crippen molar-refractivity contribution in [2.45, 2.75) is 25.9 Å². The minimum atomic E-state index is -0.959. The van der Waals surface area contributed by atoms with Gasteiger partial charge in [-0.2, -0.15) is 5.26 Å². The lowest BCUT2D eigenvalue weighted by molar-refractivity contribution is -0.384. The van der Waals surface area contributed by atoms with Gasteiger partial charge in [-0.1, -0.05) is 6.07 Å². The number of nitro benzene ring substituents is 1. The summed E-state index contributed by atoms with van der Waals surface area (Å²) in [5, 5.41) is 31.9. The van der Waals surface area contributed by atoms with Crippen LogP contribution in [0.1, 0.15) is 19.4 Å². The van der Waals surface area contributed by atoms with Gasteiger partial charge in [0.05, 0.1) is 23.0 Å². The third-order valence-electron chi connectivity index (χ3n) is 2.25. The standard InChI is InChI=1S/C12H15N3O3/c1-12(2,16)8-14-10-4-3-9(5-6-13)7-11(10)15(17)18/h3-4,7,14,16H,5,8H2,1-2H3. The van der Waals surface area contributed by atoms with Crippen LogP contribution in [0.15, 0.2) is 18.2 Å². The van der Waals surface area contributed by atoms with Gasteiger partial charge in [-0.3, -0.25) is 10.1 Å². The average Bonchev–Trinajstić information content (AvgIpc) is 2.26. The number of aliphatic hydroxyl groups is 1. The molecule has 0 aliphatic heterocycles. The quantitative estimate of drug-likeness (QED) is 0.612. The Morgan fingerprint density at radius 1 is 1.56 bits per heavy atom. The van der Waals surface area contributed by atoms with Gasteiger partial charge in [0.1, 0.15) is 5.69 Å². The first-order valence-electron chi connectivity index (χ1n) is 5.44. The first kappa shape index (κ1) is 13.9. The lowest BCUT2D eigenvalue weighted by Gasteiger charge is -2.18. The Hall–Kier alpha value is -2.13. The van der Waals surface area contributed by atoms with E-state index in [9.17, 15) is 15.2 Å². The molecule has 0 saturated carbocycles. The van der Waals surface area contributed by atoms with Gasteiger partial charge in [0.2, 0.25) is 0 Å². The molecule has 0 spiro atoms. The summed E-state index contributed by atoms with van der Waals surface area (Å²) in [5.41, 5.74) is -0.118. The SMILES string of the molecule is CC(C)(O)CNc1ccc(CC#N)cc1[N+](=O)[O-]. The minimum Gasteiger partial charge on any atom is -0.389 e. The number of hydrogen-bond acceptors (Lipinski definition) is 5. The molecule has 0 unspecified atom stereocenters. The summed E-state index contributed by atoms with van der Waals surface area (Å²) in [5.74, 6) is 0. The van der Waals surface area contributed by atoms with Crippen LogP contribution in [0.3, 0.4) is 0 Å². The maximum Gasteiger partial charge on any atom is 0.292 e. The Morgan fingerprint density at radius 3 is 2.72 bits per heavy atom. The van der Waals surface area contributed by atoms with E-state index in [1.165, 1.54) is 6.07 Å². The largest absolute Gasteiger partial charge is 0.389 e. The molecule has 0 bridgehead atoms. The zero-order chi connectivity index (χ0) is 13.8. The zero-order valence-corrected chi connectivity index (χ0v) is 10.3. The fourth-order valence-corrected chi connectivity index (χ4v) is 1.39. The highest BCUT2D eigenvalue weighted by Crippen LogP contribution is 2.26. The smallest absolute Gasteiger partial charge is 0.292 e. The number of nitrogens with zero attached hydrogens (tertiary/aromatic N) is 2. The van der Waals surface area contributed by atoms with Gasteiger partial charge in [0.15, 0.2) is 0 Å². The Morgan fingerprint density at radius 2 is 2.22 bits per heavy atom. The van der Waals surface area contributed by atoms with E-state index in [0.717, 1.165) is 0 Å². The van der Waals surface area contributed by atoms with E-state index in [0.29, 0.717) is 11.3 Å². The van der Waals surface area contributed by atoms with Gasteiger partial charge in [-0.25, -0.2) is 0 Å². The first-order chi connectivity index (χ1) is 8.33. The van der Waals surface area contributed by atoms with Crippen LogP contribution in [-0.2, 0) is 6.42 Å². The van der Waals surface area contributed by atoms with Crippen molar-refractivity contribution in [3.8, 4) is 6.07 Å². The van der Waals surface area contributed by atoms with Gasteiger partial charge >= 0.3 is 0 Å². The first-order valence-corrected chi connectivity index (χ1v) is 5.44. The predicted molar refractivity (Wildman–Crippen MR) is 67.2 cm³/mol. The molecule has 0 amide bonds. The Bertz CT molecular complexity index is 486. The van der Waals surface area contributed by atoms with Crippen molar-refractivity contribution in [3.63, 3.8) is 0 Å². The monoisotopic (exact) mass is 249 g/mol. The molecule has 1 aromatic rings. The summed E-state index contributed by atoms with van der Waals surface area (Å²) in [6.45, 7) is 3.41. The molecule has 0 aliphatic carbocycles. The lowest BCUT2D eigenvalue weighted by atomic mass is 10.1. The average molecular weight is 249 g/mol. The fraction of sp³-hybridized carbons (Fsp3) is 0.417. The highest BCUT2D eigenvalue weighted by molar-refractivity contribution is 5.63. The van der Waals surface area contributed by atoms with Crippen LogP contribution >= 0.6 is 0 Å². The third kappa shape index (κ3) is 4.03. The number of anilines is 1. The van der Waals surface area contributed by atoms with Crippen molar-refractivity contribution in [2.24, 2.45) is 0 Å². The Kier molecular flexibility index (Phi) is 4.23. The number of nitrogens with one attached hydrogen (secondary N) is 1. The maximum atomic E-state index is 10.9. The summed E-state index contributed by atoms with van der Waals surface area (Å²) in [6.07, 6.45) is 0.132. The molecule has 0 fully saturated rings. The number of nitriles is 1. The molecule has 0 aromatic heterocycles. The molecule has 0 atom stereocenters. The van der Waals surface area contributed by atoms with Crippen LogP contribution < -0.4 is 5.32 Å². The number of hydrogen-bond donors (Lipinski definition) is 2. The topological polar surface area (TPSA) is 99.2 Å². The normalized spacial score (nSPS) is 10.8. The second-order valence-electron chi connectivity index (χ2n) is 4.61. The molecular formula is C12H15N3O3. The van der Waals surface area contributed by atoms with Crippen molar-refractivity contribution < 1.29 is 10.0 Å². The minimum absolute atomic E-state index is 0.0907. The molecule has 0 radical (unpaired) electrons. The van der Waals surface area contributed by atoms with E-state index >= 15 is 0 Å². The van der Waals surface area contributed by atoms with Crippen molar-refractivity contribution in [1.82, 2.24) is 0 Å². The molecule has 96 valence electrons. The van der Waals surface area contributed by atoms with Gasteiger partial charge in [-0.15, -0.1) is 0 Å². The van der Waals surface area contributed by atoms with Crippen molar-refractivity contribution in [1.29, 1.82) is 5.26 Å². The molecule has 1 rings (SSSR count). The van der Waals surface area contributed by atoms with E-state index in [1.807, 2.05) is 6.07 Å². The fourth-order valence-electron chi connectivity index (χ4n) is 1.39. The number of rotatable bonds is 5. The van der Waals surface area contributed by atoms with Crippen LogP contribution in [0.5, 0.6) is 0 Å². The highest BCUT2D eigenvalue weighted by atomic mass is 16.6. The molecule has 0 aliphatic rings. The second-order valence-corrected chi connectivity index (χ2v) is 4.61. The number of benzene rings is 1. The van der Waals surface area contributed by atoms with Crippen molar-refractivity contribution in [2.75, 3.05) is 11.9 Å². The van der Waals surface area contributed by atoms with E-state index in [2.05, 4.69) is 5.32 Å². The molecule has 18 heavy (non-hydrogen) atoms. The summed E-state index contributed by atoms with van der Waals surface area (Å²) >= 11 is 0. The molecule has 0 heterocycles. The molecular weight excluding hydrogens is 234 g/mol. The Balaban J connectivity index is 2.98. The summed E-state index contributed by atoms with van der Waals surface area (Å²) in [7, 11) is 0. The van der Waals surface area contributed by atoms with Gasteiger partial charge in [-0.05, 0) is 25.5 Å². The second kappa shape index (κ2) is 5.47. The lowest BCUT2D eigenvalue weighted by Crippen LogP contribution is -2.29. The van der Waals surface area contributed by atoms with Gasteiger partial charge < -0.3 is 10.4 Å². The van der Waals surface area contributed by atoms with Crippen LogP contribution in [0.4, 0.5) is 11.4 Å². The van der Waals surface area contributed by atoms with Crippen molar-refractivity contribution in [3.05, 3.63) is 33.9 Å².